The van der Waals surface area contributed by atoms with Gasteiger partial charge in [-0.15, -0.1) is 23.2 Å². The highest BCUT2D eigenvalue weighted by Crippen LogP contribution is 2.65. The molecule has 4 aliphatic rings. The number of aromatic hydroxyl groups is 1. The summed E-state index contributed by atoms with van der Waals surface area (Å²) in [5.74, 6) is -4.67. The molecule has 7 nitrogen and oxygen atoms in total. The monoisotopic (exact) mass is 708 g/mol. The van der Waals surface area contributed by atoms with Crippen molar-refractivity contribution in [2.75, 3.05) is 10.4 Å². The second kappa shape index (κ2) is 9.41. The first-order valence-electron chi connectivity index (χ1n) is 12.8. The van der Waals surface area contributed by atoms with Crippen molar-refractivity contribution in [1.29, 1.82) is 0 Å². The maximum Gasteiger partial charge on any atom is 0.254 e. The van der Waals surface area contributed by atoms with Crippen LogP contribution in [0.4, 0.5) is 5.69 Å². The lowest BCUT2D eigenvalue weighted by Gasteiger charge is -2.51. The average molecular weight is 711 g/mol. The second-order valence-corrected chi connectivity index (χ2v) is 13.6. The number of hydrogen-bond acceptors (Lipinski definition) is 5. The fourth-order valence-electron chi connectivity index (χ4n) is 7.13. The van der Waals surface area contributed by atoms with Crippen LogP contribution < -0.4 is 4.90 Å². The van der Waals surface area contributed by atoms with Gasteiger partial charge in [-0.1, -0.05) is 55.6 Å². The van der Waals surface area contributed by atoms with Gasteiger partial charge >= 0.3 is 0 Å². The van der Waals surface area contributed by atoms with Crippen molar-refractivity contribution in [3.63, 3.8) is 0 Å². The molecule has 11 heteroatoms. The van der Waals surface area contributed by atoms with E-state index in [1.807, 2.05) is 6.08 Å². The van der Waals surface area contributed by atoms with Crippen LogP contribution in [0.25, 0.3) is 0 Å². The van der Waals surface area contributed by atoms with Crippen LogP contribution in [0.3, 0.4) is 0 Å². The molecule has 6 unspecified atom stereocenters. The number of phenolic OH excluding ortho intramolecular Hbond substituents is 1. The molecule has 2 saturated heterocycles. The van der Waals surface area contributed by atoms with Crippen molar-refractivity contribution in [3.8, 4) is 5.75 Å². The summed E-state index contributed by atoms with van der Waals surface area (Å²) in [5.41, 5.74) is 2.87. The van der Waals surface area contributed by atoms with Gasteiger partial charge in [-0.05, 0) is 73.6 Å². The van der Waals surface area contributed by atoms with Gasteiger partial charge in [0.05, 0.1) is 23.0 Å². The van der Waals surface area contributed by atoms with Crippen molar-refractivity contribution < 1.29 is 24.3 Å². The zero-order valence-electron chi connectivity index (χ0n) is 21.5. The van der Waals surface area contributed by atoms with Crippen LogP contribution in [0.2, 0.25) is 0 Å². The Balaban J connectivity index is 1.53. The van der Waals surface area contributed by atoms with Gasteiger partial charge in [0.15, 0.2) is 9.75 Å². The Kier molecular flexibility index (Phi) is 6.57. The highest BCUT2D eigenvalue weighted by atomic mass is 79.9. The number of benzene rings is 2. The SMILES string of the molecule is Cc1cc(C2C3=CCC4C(=O)N(c5ccc(Br)cc5)C(=O)C4C3CC3(Cl)C(=O)N(CBr)C(=O)C23Cl)cc(C)c1O. The van der Waals surface area contributed by atoms with E-state index < -0.39 is 45.2 Å². The third kappa shape index (κ3) is 3.53. The molecule has 0 radical (unpaired) electrons. The molecule has 40 heavy (non-hydrogen) atoms. The molecule has 1 saturated carbocycles. The summed E-state index contributed by atoms with van der Waals surface area (Å²) in [7, 11) is 0. The highest BCUT2D eigenvalue weighted by Gasteiger charge is 2.76. The lowest BCUT2D eigenvalue weighted by atomic mass is 9.56. The number of aryl methyl sites for hydroxylation is 2. The molecule has 2 heterocycles. The molecule has 6 atom stereocenters. The number of carbonyl (C=O) groups excluding carboxylic acids is 4. The number of phenols is 1. The van der Waals surface area contributed by atoms with Crippen LogP contribution in [0, 0.1) is 31.6 Å². The maximum atomic E-state index is 14.0. The third-order valence-electron chi connectivity index (χ3n) is 8.95. The smallest absolute Gasteiger partial charge is 0.254 e. The standard InChI is InChI=1S/C29H24Br2Cl2N2O5/c1-13-9-15(10-14(2)23(13)36)22-18-7-8-19-21(25(38)35(24(19)37)17-5-3-16(31)4-6-17)20(18)11-28(32)26(39)34(12-30)27(40)29(22,28)33/h3-7,9-10,19-22,36H,8,11-12H2,1-2H3. The molecule has 2 aliphatic heterocycles. The van der Waals surface area contributed by atoms with E-state index in [1.54, 1.807) is 50.2 Å². The lowest BCUT2D eigenvalue weighted by Crippen LogP contribution is -2.60. The highest BCUT2D eigenvalue weighted by molar-refractivity contribution is 9.10. The molecule has 0 aromatic heterocycles. The van der Waals surface area contributed by atoms with Crippen LogP contribution in [0.1, 0.15) is 35.4 Å². The predicted molar refractivity (Wildman–Crippen MR) is 158 cm³/mol. The van der Waals surface area contributed by atoms with Gasteiger partial charge in [-0.25, -0.2) is 0 Å². The summed E-state index contributed by atoms with van der Waals surface area (Å²) in [4.78, 5) is 53.7. The van der Waals surface area contributed by atoms with Crippen molar-refractivity contribution >= 4 is 84.4 Å². The van der Waals surface area contributed by atoms with Gasteiger partial charge in [-0.3, -0.25) is 29.0 Å². The summed E-state index contributed by atoms with van der Waals surface area (Å²) in [6, 6.07) is 10.4. The minimum Gasteiger partial charge on any atom is -0.507 e. The average Bonchev–Trinajstić information content (AvgIpc) is 3.25. The van der Waals surface area contributed by atoms with Gasteiger partial charge < -0.3 is 5.11 Å². The van der Waals surface area contributed by atoms with E-state index in [9.17, 15) is 24.3 Å². The van der Waals surface area contributed by atoms with E-state index in [4.69, 9.17) is 23.2 Å². The third-order valence-corrected chi connectivity index (χ3v) is 11.4. The van der Waals surface area contributed by atoms with Crippen molar-refractivity contribution in [2.24, 2.45) is 17.8 Å². The summed E-state index contributed by atoms with van der Waals surface area (Å²) >= 11 is 21.1. The van der Waals surface area contributed by atoms with Crippen molar-refractivity contribution in [1.82, 2.24) is 4.90 Å². The van der Waals surface area contributed by atoms with Gasteiger partial charge in [0.25, 0.3) is 11.8 Å². The molecule has 0 spiro atoms. The Labute approximate surface area is 257 Å². The minimum atomic E-state index is -1.87. The van der Waals surface area contributed by atoms with Crippen LogP contribution >= 0.6 is 55.1 Å². The fraction of sp³-hybridized carbons (Fsp3) is 0.379. The van der Waals surface area contributed by atoms with E-state index in [0.717, 1.165) is 9.37 Å². The van der Waals surface area contributed by atoms with Crippen LogP contribution in [-0.4, -0.2) is 48.8 Å². The number of halogens is 4. The quantitative estimate of drug-likeness (QED) is 0.191. The fourth-order valence-corrected chi connectivity index (χ4v) is 8.82. The maximum absolute atomic E-state index is 14.0. The van der Waals surface area contributed by atoms with Crippen LogP contribution in [0.15, 0.2) is 52.5 Å². The zero-order chi connectivity index (χ0) is 28.9. The Morgan fingerprint density at radius 3 is 2.20 bits per heavy atom. The number of fused-ring (bicyclic) bond motifs is 4. The Morgan fingerprint density at radius 2 is 1.60 bits per heavy atom. The van der Waals surface area contributed by atoms with Gasteiger partial charge in [0.1, 0.15) is 5.75 Å². The van der Waals surface area contributed by atoms with Crippen molar-refractivity contribution in [3.05, 3.63) is 69.2 Å². The molecular weight excluding hydrogens is 687 g/mol. The largest absolute Gasteiger partial charge is 0.507 e. The predicted octanol–water partition coefficient (Wildman–Crippen LogP) is 5.69. The number of carbonyl (C=O) groups is 4. The molecule has 1 N–H and O–H groups in total. The molecule has 3 fully saturated rings. The van der Waals surface area contributed by atoms with E-state index in [-0.39, 0.29) is 35.9 Å². The summed E-state index contributed by atoms with van der Waals surface area (Å²) in [6.07, 6.45) is 2.12. The zero-order valence-corrected chi connectivity index (χ0v) is 26.1. The number of allylic oxidation sites excluding steroid dienone is 2. The molecule has 4 amide bonds. The molecule has 0 bridgehead atoms. The molecule has 2 aromatic rings. The van der Waals surface area contributed by atoms with Crippen LogP contribution in [0.5, 0.6) is 5.75 Å². The Hall–Kier alpha value is -2.20. The Bertz CT molecular complexity index is 1520. The Morgan fingerprint density at radius 1 is 0.975 bits per heavy atom. The molecule has 208 valence electrons. The molecular formula is C29H24Br2Cl2N2O5. The molecule has 6 rings (SSSR count). The number of rotatable bonds is 3. The first kappa shape index (κ1) is 27.9. The van der Waals surface area contributed by atoms with Gasteiger partial charge in [-0.2, -0.15) is 0 Å². The topological polar surface area (TPSA) is 95.0 Å². The normalized spacial score (nSPS) is 33.2. The number of anilines is 1. The summed E-state index contributed by atoms with van der Waals surface area (Å²) in [6.45, 7) is 3.49. The van der Waals surface area contributed by atoms with Crippen LogP contribution in [-0.2, 0) is 19.2 Å². The minimum absolute atomic E-state index is 0.0706. The van der Waals surface area contributed by atoms with Gasteiger partial charge in [0.2, 0.25) is 11.8 Å². The number of imide groups is 2. The van der Waals surface area contributed by atoms with Crippen molar-refractivity contribution in [2.45, 2.75) is 42.4 Å². The first-order valence-corrected chi connectivity index (χ1v) is 15.5. The van der Waals surface area contributed by atoms with E-state index in [2.05, 4.69) is 31.9 Å². The summed E-state index contributed by atoms with van der Waals surface area (Å²) < 4.78 is 0.814. The van der Waals surface area contributed by atoms with Gasteiger partial charge in [0, 0.05) is 10.4 Å². The number of alkyl halides is 3. The number of amides is 4. The second-order valence-electron chi connectivity index (χ2n) is 11.0. The lowest BCUT2D eigenvalue weighted by molar-refractivity contribution is -0.138. The van der Waals surface area contributed by atoms with E-state index >= 15 is 0 Å². The van der Waals surface area contributed by atoms with E-state index in [1.165, 1.54) is 4.90 Å². The van der Waals surface area contributed by atoms with E-state index in [0.29, 0.717) is 28.0 Å². The molecule has 2 aliphatic carbocycles. The number of nitrogens with zero attached hydrogens (tertiary/aromatic N) is 2. The number of hydrogen-bond donors (Lipinski definition) is 1. The molecule has 2 aromatic carbocycles. The first-order chi connectivity index (χ1) is 18.9. The summed E-state index contributed by atoms with van der Waals surface area (Å²) in [5, 5.41) is 10.5. The number of likely N-dealkylation sites (tertiary alicyclic amines) is 1.